The Bertz CT molecular complexity index is 445. The predicted molar refractivity (Wildman–Crippen MR) is 81.6 cm³/mol. The van der Waals surface area contributed by atoms with Crippen LogP contribution in [0.15, 0.2) is 22.7 Å². The molecule has 0 aliphatic heterocycles. The highest BCUT2D eigenvalue weighted by Crippen LogP contribution is 2.22. The lowest BCUT2D eigenvalue weighted by molar-refractivity contribution is -0.120. The van der Waals surface area contributed by atoms with E-state index in [-0.39, 0.29) is 11.6 Å². The molecule has 1 amide bonds. The summed E-state index contributed by atoms with van der Waals surface area (Å²) in [5, 5.41) is 3.08. The van der Waals surface area contributed by atoms with Gasteiger partial charge in [-0.3, -0.25) is 10.1 Å². The van der Waals surface area contributed by atoms with E-state index in [2.05, 4.69) is 21.2 Å². The number of benzene rings is 1. The fourth-order valence-electron chi connectivity index (χ4n) is 1.72. The summed E-state index contributed by atoms with van der Waals surface area (Å²) in [5.41, 5.74) is 5.65. The van der Waals surface area contributed by atoms with Crippen LogP contribution in [0, 0.1) is 5.82 Å². The number of hydrogen-bond donors (Lipinski definition) is 2. The molecule has 0 unspecified atom stereocenters. The molecule has 0 spiro atoms. The highest BCUT2D eigenvalue weighted by Gasteiger charge is 2.22. The molecule has 0 bridgehead atoms. The minimum atomic E-state index is -0.801. The molecule has 106 valence electrons. The first-order chi connectivity index (χ1) is 8.95. The Morgan fingerprint density at radius 3 is 2.79 bits per heavy atom. The van der Waals surface area contributed by atoms with Gasteiger partial charge in [0.2, 0.25) is 5.91 Å². The molecule has 0 saturated heterocycles. The third kappa shape index (κ3) is 5.12. The second-order valence-electron chi connectivity index (χ2n) is 4.35. The minimum absolute atomic E-state index is 0.0907. The average Bonchev–Trinajstić information content (AvgIpc) is 2.34. The van der Waals surface area contributed by atoms with E-state index in [1.54, 1.807) is 23.9 Å². The van der Waals surface area contributed by atoms with Gasteiger partial charge in [0.25, 0.3) is 0 Å². The van der Waals surface area contributed by atoms with Crippen molar-refractivity contribution < 1.29 is 9.18 Å². The molecule has 0 aliphatic rings. The van der Waals surface area contributed by atoms with E-state index in [1.165, 1.54) is 6.07 Å². The molecule has 3 N–H and O–H groups in total. The van der Waals surface area contributed by atoms with Gasteiger partial charge in [0.15, 0.2) is 0 Å². The maximum absolute atomic E-state index is 13.9. The second-order valence-corrected chi connectivity index (χ2v) is 6.25. The number of carbonyl (C=O) groups is 1. The van der Waals surface area contributed by atoms with Crippen LogP contribution in [0.3, 0.4) is 0 Å². The fourth-order valence-corrected chi connectivity index (χ4v) is 2.65. The predicted octanol–water partition coefficient (Wildman–Crippen LogP) is 2.85. The lowest BCUT2D eigenvalue weighted by atomic mass is 10.0. The van der Waals surface area contributed by atoms with Gasteiger partial charge >= 0.3 is 0 Å². The van der Waals surface area contributed by atoms with Gasteiger partial charge in [-0.2, -0.15) is 11.8 Å². The summed E-state index contributed by atoms with van der Waals surface area (Å²) in [5.74, 6) is -0.0392. The lowest BCUT2D eigenvalue weighted by Crippen LogP contribution is -2.39. The van der Waals surface area contributed by atoms with Crippen molar-refractivity contribution in [3.8, 4) is 0 Å². The molecular weight excluding hydrogens is 331 g/mol. The monoisotopic (exact) mass is 348 g/mol. The van der Waals surface area contributed by atoms with Crippen LogP contribution in [0.2, 0.25) is 0 Å². The zero-order valence-corrected chi connectivity index (χ0v) is 13.4. The number of rotatable bonds is 7. The quantitative estimate of drug-likeness (QED) is 0.796. The second kappa shape index (κ2) is 7.87. The third-order valence-corrected chi connectivity index (χ3v) is 3.90. The Morgan fingerprint density at radius 2 is 2.26 bits per heavy atom. The van der Waals surface area contributed by atoms with Gasteiger partial charge in [-0.05, 0) is 37.5 Å². The summed E-state index contributed by atoms with van der Waals surface area (Å²) in [6, 6.07) is 3.89. The first kappa shape index (κ1) is 16.5. The summed E-state index contributed by atoms with van der Waals surface area (Å²) in [7, 11) is 0. The van der Waals surface area contributed by atoms with E-state index in [0.717, 1.165) is 12.2 Å². The molecule has 0 fully saturated rings. The molecule has 0 aromatic heterocycles. The van der Waals surface area contributed by atoms with Gasteiger partial charge in [0, 0.05) is 16.1 Å². The van der Waals surface area contributed by atoms with Gasteiger partial charge < -0.3 is 5.73 Å². The van der Waals surface area contributed by atoms with E-state index in [0.29, 0.717) is 4.47 Å². The van der Waals surface area contributed by atoms with Crippen molar-refractivity contribution in [2.75, 3.05) is 12.0 Å². The molecule has 0 heterocycles. The van der Waals surface area contributed by atoms with Gasteiger partial charge in [-0.1, -0.05) is 22.0 Å². The molecule has 0 aliphatic carbocycles. The largest absolute Gasteiger partial charge is 0.368 e. The van der Waals surface area contributed by atoms with Crippen molar-refractivity contribution >= 4 is 33.6 Å². The number of hydrogen-bond acceptors (Lipinski definition) is 3. The summed E-state index contributed by atoms with van der Waals surface area (Å²) < 4.78 is 14.5. The van der Waals surface area contributed by atoms with E-state index in [1.807, 2.05) is 13.2 Å². The van der Waals surface area contributed by atoms with Crippen LogP contribution in [0.4, 0.5) is 4.39 Å². The van der Waals surface area contributed by atoms with Crippen LogP contribution in [0.5, 0.6) is 0 Å². The van der Waals surface area contributed by atoms with Gasteiger partial charge in [0.05, 0.1) is 0 Å². The molecular formula is C13H18BrFN2OS. The third-order valence-electron chi connectivity index (χ3n) is 2.76. The van der Waals surface area contributed by atoms with Crippen molar-refractivity contribution in [2.45, 2.75) is 25.4 Å². The first-order valence-corrected chi connectivity index (χ1v) is 8.13. The first-order valence-electron chi connectivity index (χ1n) is 5.95. The van der Waals surface area contributed by atoms with Crippen molar-refractivity contribution in [1.29, 1.82) is 0 Å². The molecule has 0 radical (unpaired) electrons. The maximum atomic E-state index is 13.9. The van der Waals surface area contributed by atoms with E-state index < -0.39 is 17.8 Å². The smallest absolute Gasteiger partial charge is 0.239 e. The van der Waals surface area contributed by atoms with Gasteiger partial charge in [-0.15, -0.1) is 0 Å². The highest BCUT2D eigenvalue weighted by molar-refractivity contribution is 9.10. The van der Waals surface area contributed by atoms with Gasteiger partial charge in [0.1, 0.15) is 11.9 Å². The van der Waals surface area contributed by atoms with E-state index in [9.17, 15) is 9.18 Å². The molecule has 1 aromatic rings. The zero-order chi connectivity index (χ0) is 14.4. The molecule has 1 rings (SSSR count). The van der Waals surface area contributed by atoms with E-state index >= 15 is 0 Å². The molecule has 19 heavy (non-hydrogen) atoms. The highest BCUT2D eigenvalue weighted by atomic mass is 79.9. The average molecular weight is 349 g/mol. The summed E-state index contributed by atoms with van der Waals surface area (Å²) in [4.78, 5) is 11.5. The zero-order valence-electron chi connectivity index (χ0n) is 11.0. The standard InChI is InChI=1S/C13H18BrFN2OS/c1-8(5-6-19-2)17-12(13(16)18)10-4-3-9(14)7-11(10)15/h3-4,7-8,12,17H,5-6H2,1-2H3,(H2,16,18)/t8-,12+/m1/s1. The topological polar surface area (TPSA) is 55.1 Å². The SMILES string of the molecule is CSCC[C@@H](C)N[C@H](C(N)=O)c1ccc(Br)cc1F. The minimum Gasteiger partial charge on any atom is -0.368 e. The number of nitrogens with two attached hydrogens (primary N) is 1. The molecule has 3 nitrogen and oxygen atoms in total. The number of thioether (sulfide) groups is 1. The van der Waals surface area contributed by atoms with Crippen LogP contribution in [-0.4, -0.2) is 24.0 Å². The van der Waals surface area contributed by atoms with Crippen LogP contribution >= 0.6 is 27.7 Å². The Hall–Kier alpha value is -0.590. The number of primary amides is 1. The Labute approximate surface area is 125 Å². The van der Waals surface area contributed by atoms with E-state index in [4.69, 9.17) is 5.73 Å². The van der Waals surface area contributed by atoms with Crippen LogP contribution < -0.4 is 11.1 Å². The number of carbonyl (C=O) groups excluding carboxylic acids is 1. The summed E-state index contributed by atoms with van der Waals surface area (Å²) in [6.07, 6.45) is 2.91. The summed E-state index contributed by atoms with van der Waals surface area (Å²) >= 11 is 4.92. The molecule has 6 heteroatoms. The Balaban J connectivity index is 2.85. The fraction of sp³-hybridized carbons (Fsp3) is 0.462. The number of halogens is 2. The number of nitrogens with one attached hydrogen (secondary N) is 1. The van der Waals surface area contributed by atoms with Crippen LogP contribution in [0.1, 0.15) is 24.9 Å². The molecule has 0 saturated carbocycles. The molecule has 1 aromatic carbocycles. The normalized spacial score (nSPS) is 14.1. The van der Waals surface area contributed by atoms with Crippen molar-refractivity contribution in [1.82, 2.24) is 5.32 Å². The number of amides is 1. The van der Waals surface area contributed by atoms with Crippen molar-refractivity contribution in [3.05, 3.63) is 34.1 Å². The Kier molecular flexibility index (Phi) is 6.82. The van der Waals surface area contributed by atoms with Crippen molar-refractivity contribution in [2.24, 2.45) is 5.73 Å². The van der Waals surface area contributed by atoms with Crippen LogP contribution in [-0.2, 0) is 4.79 Å². The Morgan fingerprint density at radius 1 is 1.58 bits per heavy atom. The van der Waals surface area contributed by atoms with Gasteiger partial charge in [-0.25, -0.2) is 4.39 Å². The lowest BCUT2D eigenvalue weighted by Gasteiger charge is -2.21. The van der Waals surface area contributed by atoms with Crippen molar-refractivity contribution in [3.63, 3.8) is 0 Å². The molecule has 2 atom stereocenters. The summed E-state index contributed by atoms with van der Waals surface area (Å²) in [6.45, 7) is 1.96. The van der Waals surface area contributed by atoms with Crippen LogP contribution in [0.25, 0.3) is 0 Å². The maximum Gasteiger partial charge on any atom is 0.239 e.